The summed E-state index contributed by atoms with van der Waals surface area (Å²) in [5.41, 5.74) is 1.48. The van der Waals surface area contributed by atoms with Gasteiger partial charge >= 0.3 is 0 Å². The number of fused-ring (bicyclic) bond motifs is 1. The van der Waals surface area contributed by atoms with Crippen LogP contribution in [0.25, 0.3) is 0 Å². The summed E-state index contributed by atoms with van der Waals surface area (Å²) in [4.78, 5) is 3.95. The van der Waals surface area contributed by atoms with Gasteiger partial charge < -0.3 is 4.74 Å². The molecule has 1 aromatic heterocycles. The molecule has 1 unspecified atom stereocenters. The summed E-state index contributed by atoms with van der Waals surface area (Å²) in [6.07, 6.45) is 1.65. The van der Waals surface area contributed by atoms with Crippen LogP contribution in [0.5, 0.6) is 0 Å². The lowest BCUT2D eigenvalue weighted by Crippen LogP contribution is -2.33. The van der Waals surface area contributed by atoms with Gasteiger partial charge in [0.05, 0.1) is 12.3 Å². The van der Waals surface area contributed by atoms with E-state index in [1.54, 1.807) is 0 Å². The Morgan fingerprint density at radius 2 is 2.36 bits per heavy atom. The lowest BCUT2D eigenvalue weighted by Gasteiger charge is -2.33. The van der Waals surface area contributed by atoms with Gasteiger partial charge in [-0.3, -0.25) is 0 Å². The molecule has 2 nitrogen and oxygen atoms in total. The Hall–Kier alpha value is -0.960. The van der Waals surface area contributed by atoms with E-state index in [-0.39, 0.29) is 0 Å². The van der Waals surface area contributed by atoms with Gasteiger partial charge in [-0.05, 0) is 31.4 Å². The highest BCUT2D eigenvalue weighted by molar-refractivity contribution is 5.27. The molecule has 2 rings (SSSR count). The maximum Gasteiger partial charge on any atom is 0.213 e. The van der Waals surface area contributed by atoms with E-state index in [0.717, 1.165) is 24.1 Å². The number of hydrogen-bond donors (Lipinski definition) is 0. The SMILES string of the molecule is CCC1(C)OCCc2ccc(F)nc21. The molecule has 0 radical (unpaired) electrons. The largest absolute Gasteiger partial charge is 0.369 e. The Labute approximate surface area is 83.1 Å². The van der Waals surface area contributed by atoms with Crippen molar-refractivity contribution in [3.63, 3.8) is 0 Å². The van der Waals surface area contributed by atoms with Gasteiger partial charge in [-0.1, -0.05) is 13.0 Å². The molecule has 0 N–H and O–H groups in total. The molecule has 76 valence electrons. The van der Waals surface area contributed by atoms with Gasteiger partial charge in [0.1, 0.15) is 5.60 Å². The minimum Gasteiger partial charge on any atom is -0.369 e. The lowest BCUT2D eigenvalue weighted by molar-refractivity contribution is -0.0529. The van der Waals surface area contributed by atoms with Crippen LogP contribution in [0, 0.1) is 5.95 Å². The van der Waals surface area contributed by atoms with Crippen LogP contribution in [0.4, 0.5) is 4.39 Å². The molecule has 0 aliphatic carbocycles. The molecule has 1 aromatic rings. The molecule has 0 bridgehead atoms. The number of ether oxygens (including phenoxy) is 1. The van der Waals surface area contributed by atoms with Crippen molar-refractivity contribution in [3.8, 4) is 0 Å². The second-order valence-corrected chi connectivity index (χ2v) is 3.82. The quantitative estimate of drug-likeness (QED) is 0.642. The zero-order valence-electron chi connectivity index (χ0n) is 8.51. The molecule has 2 heterocycles. The Morgan fingerprint density at radius 3 is 3.07 bits per heavy atom. The van der Waals surface area contributed by atoms with Crippen molar-refractivity contribution in [3.05, 3.63) is 29.3 Å². The van der Waals surface area contributed by atoms with Gasteiger partial charge in [0.2, 0.25) is 5.95 Å². The molecule has 0 amide bonds. The van der Waals surface area contributed by atoms with Crippen molar-refractivity contribution in [1.29, 1.82) is 0 Å². The zero-order valence-corrected chi connectivity index (χ0v) is 8.51. The number of pyridine rings is 1. The van der Waals surface area contributed by atoms with E-state index in [2.05, 4.69) is 4.98 Å². The van der Waals surface area contributed by atoms with E-state index >= 15 is 0 Å². The Morgan fingerprint density at radius 1 is 1.57 bits per heavy atom. The summed E-state index contributed by atoms with van der Waals surface area (Å²) >= 11 is 0. The Balaban J connectivity index is 2.52. The first-order valence-electron chi connectivity index (χ1n) is 4.95. The lowest BCUT2D eigenvalue weighted by atomic mass is 9.90. The molecule has 1 aliphatic rings. The van der Waals surface area contributed by atoms with Gasteiger partial charge in [0.15, 0.2) is 0 Å². The van der Waals surface area contributed by atoms with Crippen LogP contribution in [0.3, 0.4) is 0 Å². The smallest absolute Gasteiger partial charge is 0.213 e. The van der Waals surface area contributed by atoms with E-state index in [1.807, 2.05) is 19.9 Å². The topological polar surface area (TPSA) is 22.1 Å². The highest BCUT2D eigenvalue weighted by atomic mass is 19.1. The summed E-state index contributed by atoms with van der Waals surface area (Å²) in [5, 5.41) is 0. The first-order valence-corrected chi connectivity index (χ1v) is 4.95. The molecule has 0 aromatic carbocycles. The number of rotatable bonds is 1. The zero-order chi connectivity index (χ0) is 10.2. The van der Waals surface area contributed by atoms with E-state index in [4.69, 9.17) is 4.74 Å². The number of nitrogens with zero attached hydrogens (tertiary/aromatic N) is 1. The number of halogens is 1. The van der Waals surface area contributed by atoms with Crippen molar-refractivity contribution in [2.75, 3.05) is 6.61 Å². The van der Waals surface area contributed by atoms with Crippen LogP contribution in [-0.2, 0) is 16.8 Å². The minimum atomic E-state index is -0.422. The summed E-state index contributed by atoms with van der Waals surface area (Å²) in [7, 11) is 0. The summed E-state index contributed by atoms with van der Waals surface area (Å²) in [5.74, 6) is -0.422. The van der Waals surface area contributed by atoms with Gasteiger partial charge in [-0.2, -0.15) is 4.39 Å². The van der Waals surface area contributed by atoms with E-state index < -0.39 is 11.5 Å². The van der Waals surface area contributed by atoms with Crippen molar-refractivity contribution >= 4 is 0 Å². The van der Waals surface area contributed by atoms with Gasteiger partial charge in [-0.25, -0.2) is 4.98 Å². The van der Waals surface area contributed by atoms with Crippen molar-refractivity contribution in [2.45, 2.75) is 32.3 Å². The number of aromatic nitrogens is 1. The van der Waals surface area contributed by atoms with Crippen LogP contribution >= 0.6 is 0 Å². The Kier molecular flexibility index (Phi) is 2.27. The van der Waals surface area contributed by atoms with Crippen molar-refractivity contribution < 1.29 is 9.13 Å². The molecule has 14 heavy (non-hydrogen) atoms. The standard InChI is InChI=1S/C11H14FNO/c1-3-11(2)10-8(6-7-14-11)4-5-9(12)13-10/h4-5H,3,6-7H2,1-2H3. The minimum absolute atomic E-state index is 0.407. The summed E-state index contributed by atoms with van der Waals surface area (Å²) in [6, 6.07) is 3.23. The van der Waals surface area contributed by atoms with E-state index in [0.29, 0.717) is 6.61 Å². The summed E-state index contributed by atoms with van der Waals surface area (Å²) in [6.45, 7) is 4.70. The van der Waals surface area contributed by atoms with Crippen LogP contribution in [0.1, 0.15) is 31.5 Å². The van der Waals surface area contributed by atoms with Gasteiger partial charge in [-0.15, -0.1) is 0 Å². The van der Waals surface area contributed by atoms with Gasteiger partial charge in [0, 0.05) is 0 Å². The predicted octanol–water partition coefficient (Wildman–Crippen LogP) is 2.42. The van der Waals surface area contributed by atoms with Crippen molar-refractivity contribution in [1.82, 2.24) is 4.98 Å². The second-order valence-electron chi connectivity index (χ2n) is 3.82. The average Bonchev–Trinajstić information content (AvgIpc) is 2.20. The predicted molar refractivity (Wildman–Crippen MR) is 51.5 cm³/mol. The molecule has 1 atom stereocenters. The fraction of sp³-hybridized carbons (Fsp3) is 0.545. The van der Waals surface area contributed by atoms with Crippen molar-refractivity contribution in [2.24, 2.45) is 0 Å². The molecular weight excluding hydrogens is 181 g/mol. The molecule has 3 heteroatoms. The fourth-order valence-electron chi connectivity index (χ4n) is 1.85. The average molecular weight is 195 g/mol. The third-order valence-electron chi connectivity index (χ3n) is 2.91. The van der Waals surface area contributed by atoms with Crippen LogP contribution < -0.4 is 0 Å². The second kappa shape index (κ2) is 3.31. The Bertz CT molecular complexity index is 353. The van der Waals surface area contributed by atoms with Crippen LogP contribution in [0.2, 0.25) is 0 Å². The highest BCUT2D eigenvalue weighted by Gasteiger charge is 2.33. The van der Waals surface area contributed by atoms with Crippen LogP contribution in [-0.4, -0.2) is 11.6 Å². The maximum absolute atomic E-state index is 13.0. The normalized spacial score (nSPS) is 25.9. The summed E-state index contributed by atoms with van der Waals surface area (Å²) < 4.78 is 18.7. The first-order chi connectivity index (χ1) is 6.65. The third-order valence-corrected chi connectivity index (χ3v) is 2.91. The molecular formula is C11H14FNO. The molecule has 0 spiro atoms. The molecule has 0 saturated carbocycles. The molecule has 1 aliphatic heterocycles. The third kappa shape index (κ3) is 1.42. The fourth-order valence-corrected chi connectivity index (χ4v) is 1.85. The van der Waals surface area contributed by atoms with Crippen LogP contribution in [0.15, 0.2) is 12.1 Å². The highest BCUT2D eigenvalue weighted by Crippen LogP contribution is 2.33. The van der Waals surface area contributed by atoms with Gasteiger partial charge in [0.25, 0.3) is 0 Å². The maximum atomic E-state index is 13.0. The first kappa shape index (κ1) is 9.59. The number of hydrogen-bond acceptors (Lipinski definition) is 2. The molecule has 0 saturated heterocycles. The molecule has 0 fully saturated rings. The van der Waals surface area contributed by atoms with E-state index in [9.17, 15) is 4.39 Å². The van der Waals surface area contributed by atoms with E-state index in [1.165, 1.54) is 6.07 Å². The monoisotopic (exact) mass is 195 g/mol.